The zero-order valence-corrected chi connectivity index (χ0v) is 13.4. The monoisotopic (exact) mass is 309 g/mol. The first-order valence-electron chi connectivity index (χ1n) is 7.24. The molecule has 5 nitrogen and oxygen atoms in total. The Morgan fingerprint density at radius 3 is 2.48 bits per heavy atom. The van der Waals surface area contributed by atoms with Crippen molar-refractivity contribution in [3.05, 3.63) is 29.3 Å². The number of benzene rings is 1. The van der Waals surface area contributed by atoms with Gasteiger partial charge in [-0.15, -0.1) is 0 Å². The first-order chi connectivity index (χ1) is 9.82. The number of aryl methyl sites for hydroxylation is 2. The topological polar surface area (TPSA) is 87.2 Å². The van der Waals surface area contributed by atoms with Gasteiger partial charge in [0.05, 0.1) is 11.4 Å². The van der Waals surface area contributed by atoms with Gasteiger partial charge in [0.2, 0.25) is 10.0 Å². The van der Waals surface area contributed by atoms with Gasteiger partial charge in [0.15, 0.2) is 0 Å². The number of nitrogens with one attached hydrogen (secondary N) is 1. The van der Waals surface area contributed by atoms with E-state index < -0.39 is 10.0 Å². The normalized spacial score (nSPS) is 16.5. The number of hydrogen-bond acceptors (Lipinski definition) is 3. The highest BCUT2D eigenvalue weighted by atomic mass is 32.2. The van der Waals surface area contributed by atoms with E-state index in [-0.39, 0.29) is 18.4 Å². The summed E-state index contributed by atoms with van der Waals surface area (Å²) in [4.78, 5) is 0.321. The van der Waals surface area contributed by atoms with Crippen LogP contribution < -0.4 is 5.73 Å². The smallest absolute Gasteiger partial charge is 0.243 e. The van der Waals surface area contributed by atoms with Crippen LogP contribution in [0.4, 0.5) is 0 Å². The van der Waals surface area contributed by atoms with Crippen molar-refractivity contribution in [3.63, 3.8) is 0 Å². The van der Waals surface area contributed by atoms with Gasteiger partial charge in [-0.05, 0) is 38.3 Å². The second-order valence-electron chi connectivity index (χ2n) is 5.78. The summed E-state index contributed by atoms with van der Waals surface area (Å²) in [5.41, 5.74) is 7.25. The van der Waals surface area contributed by atoms with Crippen LogP contribution in [0.2, 0.25) is 0 Å². The number of sulfonamides is 1. The molecule has 1 saturated carbocycles. The quantitative estimate of drug-likeness (QED) is 0.645. The number of nitrogens with zero attached hydrogens (tertiary/aromatic N) is 1. The van der Waals surface area contributed by atoms with E-state index in [2.05, 4.69) is 0 Å². The molecule has 1 aromatic rings. The van der Waals surface area contributed by atoms with Crippen LogP contribution in [0, 0.1) is 19.3 Å². The molecule has 1 fully saturated rings. The lowest BCUT2D eigenvalue weighted by Gasteiger charge is -2.28. The standard InChI is InChI=1S/C15H23N3O2S/c1-11-7-8-14(12(2)9-11)21(19,20)18(10-15(16)17)13-5-3-4-6-13/h7-9,13H,3-6,10H2,1-2H3,(H3,16,17). The molecule has 0 unspecified atom stereocenters. The van der Waals surface area contributed by atoms with Crippen LogP contribution in [0.5, 0.6) is 0 Å². The summed E-state index contributed by atoms with van der Waals surface area (Å²) in [6, 6.07) is 5.29. The minimum Gasteiger partial charge on any atom is -0.387 e. The van der Waals surface area contributed by atoms with Crippen LogP contribution in [-0.2, 0) is 10.0 Å². The highest BCUT2D eigenvalue weighted by Gasteiger charge is 2.34. The first-order valence-corrected chi connectivity index (χ1v) is 8.68. The molecule has 3 N–H and O–H groups in total. The molecule has 1 aliphatic carbocycles. The summed E-state index contributed by atoms with van der Waals surface area (Å²) in [6.07, 6.45) is 3.75. The molecule has 21 heavy (non-hydrogen) atoms. The van der Waals surface area contributed by atoms with Crippen LogP contribution in [0.25, 0.3) is 0 Å². The highest BCUT2D eigenvalue weighted by molar-refractivity contribution is 7.89. The predicted octanol–water partition coefficient (Wildman–Crippen LogP) is 2.17. The number of amidine groups is 1. The summed E-state index contributed by atoms with van der Waals surface area (Å²) in [5, 5.41) is 7.49. The second kappa shape index (κ2) is 6.15. The molecule has 0 spiro atoms. The maximum atomic E-state index is 13.0. The van der Waals surface area contributed by atoms with Crippen molar-refractivity contribution >= 4 is 15.9 Å². The van der Waals surface area contributed by atoms with E-state index in [0.29, 0.717) is 4.90 Å². The van der Waals surface area contributed by atoms with Crippen LogP contribution >= 0.6 is 0 Å². The van der Waals surface area contributed by atoms with Gasteiger partial charge in [0.25, 0.3) is 0 Å². The minimum absolute atomic E-state index is 0.0275. The zero-order chi connectivity index (χ0) is 15.6. The van der Waals surface area contributed by atoms with E-state index in [1.807, 2.05) is 13.0 Å². The Balaban J connectivity index is 2.43. The maximum Gasteiger partial charge on any atom is 0.243 e. The van der Waals surface area contributed by atoms with Gasteiger partial charge in [0, 0.05) is 6.04 Å². The summed E-state index contributed by atoms with van der Waals surface area (Å²) >= 11 is 0. The fourth-order valence-corrected chi connectivity index (χ4v) is 4.86. The molecule has 0 aliphatic heterocycles. The molecule has 116 valence electrons. The average molecular weight is 309 g/mol. The van der Waals surface area contributed by atoms with Gasteiger partial charge in [0.1, 0.15) is 5.84 Å². The van der Waals surface area contributed by atoms with Crippen molar-refractivity contribution in [1.29, 1.82) is 5.41 Å². The number of nitrogens with two attached hydrogens (primary N) is 1. The maximum absolute atomic E-state index is 13.0. The number of rotatable bonds is 5. The Bertz CT molecular complexity index is 634. The van der Waals surface area contributed by atoms with E-state index in [1.165, 1.54) is 4.31 Å². The Morgan fingerprint density at radius 2 is 1.95 bits per heavy atom. The Morgan fingerprint density at radius 1 is 1.33 bits per heavy atom. The van der Waals surface area contributed by atoms with Crippen molar-refractivity contribution in [3.8, 4) is 0 Å². The van der Waals surface area contributed by atoms with Crippen LogP contribution in [0.3, 0.4) is 0 Å². The van der Waals surface area contributed by atoms with Crippen molar-refractivity contribution < 1.29 is 8.42 Å². The fourth-order valence-electron chi connectivity index (χ4n) is 2.99. The van der Waals surface area contributed by atoms with Crippen LogP contribution in [-0.4, -0.2) is 31.1 Å². The van der Waals surface area contributed by atoms with Crippen molar-refractivity contribution in [2.75, 3.05) is 6.54 Å². The summed E-state index contributed by atoms with van der Waals surface area (Å²) in [5.74, 6) is -0.116. The SMILES string of the molecule is Cc1ccc(S(=O)(=O)N(CC(=N)N)C2CCCC2)c(C)c1. The summed E-state index contributed by atoms with van der Waals surface area (Å²) < 4.78 is 27.3. The Hall–Kier alpha value is -1.40. The predicted molar refractivity (Wildman–Crippen MR) is 84.0 cm³/mol. The molecule has 0 heterocycles. The molecule has 0 amide bonds. The van der Waals surface area contributed by atoms with E-state index in [9.17, 15) is 8.42 Å². The van der Waals surface area contributed by atoms with Crippen molar-refractivity contribution in [1.82, 2.24) is 4.31 Å². The summed E-state index contributed by atoms with van der Waals surface area (Å²) in [7, 11) is -3.61. The zero-order valence-electron chi connectivity index (χ0n) is 12.6. The van der Waals surface area contributed by atoms with E-state index >= 15 is 0 Å². The van der Waals surface area contributed by atoms with E-state index in [1.54, 1.807) is 19.1 Å². The largest absolute Gasteiger partial charge is 0.387 e. The fraction of sp³-hybridized carbons (Fsp3) is 0.533. The lowest BCUT2D eigenvalue weighted by atomic mass is 10.2. The van der Waals surface area contributed by atoms with Gasteiger partial charge in [-0.25, -0.2) is 8.42 Å². The molecule has 6 heteroatoms. The molecule has 1 aromatic carbocycles. The molecule has 0 bridgehead atoms. The van der Waals surface area contributed by atoms with Gasteiger partial charge in [-0.1, -0.05) is 30.5 Å². The first kappa shape index (κ1) is 16.0. The van der Waals surface area contributed by atoms with E-state index in [4.69, 9.17) is 11.1 Å². The van der Waals surface area contributed by atoms with Gasteiger partial charge >= 0.3 is 0 Å². The van der Waals surface area contributed by atoms with E-state index in [0.717, 1.165) is 36.8 Å². The molecule has 1 aliphatic rings. The molecule has 0 aromatic heterocycles. The van der Waals surface area contributed by atoms with Gasteiger partial charge in [-0.2, -0.15) is 4.31 Å². The summed E-state index contributed by atoms with van der Waals surface area (Å²) in [6.45, 7) is 3.72. The molecular formula is C15H23N3O2S. The molecule has 0 atom stereocenters. The number of hydrogen-bond donors (Lipinski definition) is 2. The average Bonchev–Trinajstić information content (AvgIpc) is 2.88. The van der Waals surface area contributed by atoms with Crippen LogP contribution in [0.15, 0.2) is 23.1 Å². The van der Waals surface area contributed by atoms with Gasteiger partial charge in [-0.3, -0.25) is 5.41 Å². The molecule has 2 rings (SSSR count). The lowest BCUT2D eigenvalue weighted by molar-refractivity contribution is 0.353. The van der Waals surface area contributed by atoms with Gasteiger partial charge < -0.3 is 5.73 Å². The van der Waals surface area contributed by atoms with Crippen LogP contribution in [0.1, 0.15) is 36.8 Å². The third-order valence-corrected chi connectivity index (χ3v) is 6.03. The molecule has 0 radical (unpaired) electrons. The lowest BCUT2D eigenvalue weighted by Crippen LogP contribution is -2.44. The second-order valence-corrected chi connectivity index (χ2v) is 7.64. The Kier molecular flexibility index (Phi) is 4.68. The molecule has 0 saturated heterocycles. The highest BCUT2D eigenvalue weighted by Crippen LogP contribution is 2.29. The molecular weight excluding hydrogens is 286 g/mol. The van der Waals surface area contributed by atoms with Crippen molar-refractivity contribution in [2.24, 2.45) is 5.73 Å². The third-order valence-electron chi connectivity index (χ3n) is 3.98. The third kappa shape index (κ3) is 3.44. The van der Waals surface area contributed by atoms with Crippen molar-refractivity contribution in [2.45, 2.75) is 50.5 Å². The Labute approximate surface area is 126 Å². The minimum atomic E-state index is -3.61.